The molecular weight excluding hydrogens is 245 g/mol. The number of halogens is 1. The highest BCUT2D eigenvalue weighted by atomic mass is 19.1. The number of aromatic nitrogens is 4. The van der Waals surface area contributed by atoms with Crippen LogP contribution >= 0.6 is 0 Å². The number of hydrogen-bond donors (Lipinski definition) is 1. The maximum atomic E-state index is 13.6. The maximum absolute atomic E-state index is 13.6. The van der Waals surface area contributed by atoms with Crippen LogP contribution in [0.3, 0.4) is 0 Å². The molecule has 0 amide bonds. The topological polar surface area (TPSA) is 55.6 Å². The normalized spacial score (nSPS) is 10.8. The van der Waals surface area contributed by atoms with Crippen LogP contribution in [0.15, 0.2) is 36.8 Å². The van der Waals surface area contributed by atoms with E-state index in [0.29, 0.717) is 17.8 Å². The molecule has 6 heteroatoms. The van der Waals surface area contributed by atoms with Crippen molar-refractivity contribution in [2.75, 3.05) is 12.4 Å². The fraction of sp³-hybridized carbons (Fsp3) is 0.154. The van der Waals surface area contributed by atoms with Gasteiger partial charge in [0.25, 0.3) is 0 Å². The first-order valence-corrected chi connectivity index (χ1v) is 5.87. The Balaban J connectivity index is 2.05. The first kappa shape index (κ1) is 11.6. The summed E-state index contributed by atoms with van der Waals surface area (Å²) in [6, 6.07) is 6.67. The Morgan fingerprint density at radius 2 is 2.16 bits per heavy atom. The fourth-order valence-corrected chi connectivity index (χ4v) is 1.98. The smallest absolute Gasteiger partial charge is 0.184 e. The lowest BCUT2D eigenvalue weighted by Gasteiger charge is -2.05. The summed E-state index contributed by atoms with van der Waals surface area (Å²) in [5.74, 6) is -0.234. The van der Waals surface area contributed by atoms with Crippen molar-refractivity contribution in [1.29, 1.82) is 0 Å². The molecule has 0 unspecified atom stereocenters. The van der Waals surface area contributed by atoms with E-state index in [1.54, 1.807) is 36.3 Å². The van der Waals surface area contributed by atoms with E-state index in [9.17, 15) is 4.39 Å². The van der Waals surface area contributed by atoms with E-state index in [1.165, 1.54) is 6.07 Å². The van der Waals surface area contributed by atoms with Gasteiger partial charge in [0.05, 0.1) is 24.8 Å². The minimum Gasteiger partial charge on any atom is -0.385 e. The summed E-state index contributed by atoms with van der Waals surface area (Å²) < 4.78 is 15.4. The molecule has 0 radical (unpaired) electrons. The van der Waals surface area contributed by atoms with E-state index < -0.39 is 0 Å². The summed E-state index contributed by atoms with van der Waals surface area (Å²) in [7, 11) is 1.80. The second kappa shape index (κ2) is 4.64. The summed E-state index contributed by atoms with van der Waals surface area (Å²) in [5, 5.41) is 11.0. The van der Waals surface area contributed by atoms with Crippen molar-refractivity contribution >= 4 is 16.9 Å². The Hall–Kier alpha value is -2.50. The van der Waals surface area contributed by atoms with Gasteiger partial charge in [-0.1, -0.05) is 18.2 Å². The van der Waals surface area contributed by atoms with Crippen LogP contribution in [0.1, 0.15) is 5.56 Å². The number of nitrogens with zero attached hydrogens (tertiary/aromatic N) is 4. The molecule has 0 aliphatic rings. The summed E-state index contributed by atoms with van der Waals surface area (Å²) in [6.45, 7) is 0.380. The molecule has 0 spiro atoms. The van der Waals surface area contributed by atoms with E-state index in [0.717, 1.165) is 11.2 Å². The van der Waals surface area contributed by atoms with E-state index in [-0.39, 0.29) is 5.82 Å². The first-order valence-electron chi connectivity index (χ1n) is 5.87. The quantitative estimate of drug-likeness (QED) is 0.780. The zero-order valence-electron chi connectivity index (χ0n) is 10.3. The van der Waals surface area contributed by atoms with Crippen LogP contribution < -0.4 is 5.32 Å². The Labute approximate surface area is 109 Å². The molecule has 0 fully saturated rings. The van der Waals surface area contributed by atoms with Gasteiger partial charge in [-0.3, -0.25) is 0 Å². The van der Waals surface area contributed by atoms with Crippen LogP contribution in [0.5, 0.6) is 0 Å². The van der Waals surface area contributed by atoms with Gasteiger partial charge in [0.2, 0.25) is 0 Å². The lowest BCUT2D eigenvalue weighted by Crippen LogP contribution is -2.02. The number of anilines is 1. The fourth-order valence-electron chi connectivity index (χ4n) is 1.98. The molecule has 0 saturated heterocycles. The van der Waals surface area contributed by atoms with Crippen molar-refractivity contribution < 1.29 is 4.39 Å². The van der Waals surface area contributed by atoms with Crippen LogP contribution in [0.25, 0.3) is 11.2 Å². The highest BCUT2D eigenvalue weighted by Crippen LogP contribution is 2.19. The molecule has 3 rings (SSSR count). The summed E-state index contributed by atoms with van der Waals surface area (Å²) in [5.41, 5.74) is 2.76. The molecule has 1 N–H and O–H groups in total. The maximum Gasteiger partial charge on any atom is 0.184 e. The predicted octanol–water partition coefficient (Wildman–Crippen LogP) is 2.06. The molecule has 19 heavy (non-hydrogen) atoms. The number of benzene rings is 1. The standard InChI is InChI=1S/C13H12FN5/c1-15-11-6-17-18-13-12(11)16-8-19(13)7-9-4-2-3-5-10(9)14/h2-6,8H,7H2,1H3,(H,15,18). The minimum absolute atomic E-state index is 0.234. The second-order valence-electron chi connectivity index (χ2n) is 4.14. The van der Waals surface area contributed by atoms with Crippen LogP contribution in [0.4, 0.5) is 10.1 Å². The Bertz CT molecular complexity index is 722. The lowest BCUT2D eigenvalue weighted by atomic mass is 10.2. The van der Waals surface area contributed by atoms with Gasteiger partial charge in [-0.25, -0.2) is 9.37 Å². The van der Waals surface area contributed by atoms with Gasteiger partial charge in [-0.15, -0.1) is 5.10 Å². The van der Waals surface area contributed by atoms with Gasteiger partial charge in [0.15, 0.2) is 5.65 Å². The molecule has 0 atom stereocenters. The van der Waals surface area contributed by atoms with Crippen molar-refractivity contribution in [2.24, 2.45) is 0 Å². The number of imidazole rings is 1. The van der Waals surface area contributed by atoms with E-state index in [1.807, 2.05) is 6.07 Å². The van der Waals surface area contributed by atoms with Crippen LogP contribution in [0.2, 0.25) is 0 Å². The molecule has 0 aliphatic carbocycles. The van der Waals surface area contributed by atoms with Crippen molar-refractivity contribution in [2.45, 2.75) is 6.54 Å². The monoisotopic (exact) mass is 257 g/mol. The SMILES string of the molecule is CNc1cnnc2c1ncn2Cc1ccccc1F. The van der Waals surface area contributed by atoms with Gasteiger partial charge in [0, 0.05) is 12.6 Å². The zero-order valence-corrected chi connectivity index (χ0v) is 10.3. The van der Waals surface area contributed by atoms with Gasteiger partial charge in [0.1, 0.15) is 11.3 Å². The largest absolute Gasteiger partial charge is 0.385 e. The van der Waals surface area contributed by atoms with Gasteiger partial charge >= 0.3 is 0 Å². The van der Waals surface area contributed by atoms with Crippen molar-refractivity contribution in [3.63, 3.8) is 0 Å². The summed E-state index contributed by atoms with van der Waals surface area (Å²) >= 11 is 0. The molecule has 2 aromatic heterocycles. The van der Waals surface area contributed by atoms with Gasteiger partial charge < -0.3 is 9.88 Å². The highest BCUT2D eigenvalue weighted by Gasteiger charge is 2.10. The Morgan fingerprint density at radius 3 is 2.95 bits per heavy atom. The third-order valence-corrected chi connectivity index (χ3v) is 2.97. The van der Waals surface area contributed by atoms with Crippen LogP contribution in [-0.2, 0) is 6.54 Å². The summed E-state index contributed by atoms with van der Waals surface area (Å²) in [6.07, 6.45) is 3.26. The first-order chi connectivity index (χ1) is 9.29. The van der Waals surface area contributed by atoms with Gasteiger partial charge in [-0.2, -0.15) is 5.10 Å². The van der Waals surface area contributed by atoms with Crippen LogP contribution in [0, 0.1) is 5.82 Å². The molecule has 1 aromatic carbocycles. The van der Waals surface area contributed by atoms with Crippen molar-refractivity contribution in [1.82, 2.24) is 19.7 Å². The molecule has 5 nitrogen and oxygen atoms in total. The lowest BCUT2D eigenvalue weighted by molar-refractivity contribution is 0.601. The third kappa shape index (κ3) is 2.01. The average Bonchev–Trinajstić information content (AvgIpc) is 2.84. The number of hydrogen-bond acceptors (Lipinski definition) is 4. The molecule has 96 valence electrons. The van der Waals surface area contributed by atoms with Crippen LogP contribution in [-0.4, -0.2) is 26.8 Å². The predicted molar refractivity (Wildman–Crippen MR) is 70.4 cm³/mol. The zero-order chi connectivity index (χ0) is 13.2. The molecule has 2 heterocycles. The summed E-state index contributed by atoms with van der Waals surface area (Å²) in [4.78, 5) is 4.29. The minimum atomic E-state index is -0.234. The van der Waals surface area contributed by atoms with Crippen molar-refractivity contribution in [3.8, 4) is 0 Å². The average molecular weight is 257 g/mol. The highest BCUT2D eigenvalue weighted by molar-refractivity contribution is 5.84. The number of nitrogens with one attached hydrogen (secondary N) is 1. The Morgan fingerprint density at radius 1 is 1.32 bits per heavy atom. The number of rotatable bonds is 3. The molecule has 3 aromatic rings. The van der Waals surface area contributed by atoms with Crippen molar-refractivity contribution in [3.05, 3.63) is 48.2 Å². The molecule has 0 saturated carbocycles. The molecule has 0 bridgehead atoms. The van der Waals surface area contributed by atoms with E-state index >= 15 is 0 Å². The molecule has 0 aliphatic heterocycles. The van der Waals surface area contributed by atoms with E-state index in [2.05, 4.69) is 20.5 Å². The molecular formula is C13H12FN5. The third-order valence-electron chi connectivity index (χ3n) is 2.97. The second-order valence-corrected chi connectivity index (χ2v) is 4.14. The Kier molecular flexibility index (Phi) is 2.83. The van der Waals surface area contributed by atoms with E-state index in [4.69, 9.17) is 0 Å². The van der Waals surface area contributed by atoms with Gasteiger partial charge in [-0.05, 0) is 6.07 Å². The number of fused-ring (bicyclic) bond motifs is 1.